The van der Waals surface area contributed by atoms with E-state index < -0.39 is 0 Å². The van der Waals surface area contributed by atoms with E-state index in [0.717, 1.165) is 46.3 Å². The van der Waals surface area contributed by atoms with E-state index in [1.54, 1.807) is 13.3 Å². The number of aromatic amines is 1. The number of nitrogens with one attached hydrogen (secondary N) is 3. The van der Waals surface area contributed by atoms with Crippen molar-refractivity contribution >= 4 is 28.7 Å². The number of urea groups is 1. The Morgan fingerprint density at radius 2 is 2.21 bits per heavy atom. The highest BCUT2D eigenvalue weighted by atomic mass is 16.6. The van der Waals surface area contributed by atoms with Crippen LogP contribution in [0.3, 0.4) is 0 Å². The van der Waals surface area contributed by atoms with E-state index >= 15 is 0 Å². The quantitative estimate of drug-likeness (QED) is 0.451. The van der Waals surface area contributed by atoms with Gasteiger partial charge in [0, 0.05) is 36.0 Å². The standard InChI is InChI=1S/C20H22N6O2/c1-3-22-20(27)25-19-23-16-10-14(13-5-4-8-21-11-13)9-15(18(16)24-19)17(26-28-2)12-6-7-12/h4-5,8-12H,3,6-7H2,1-2H3,(H3,22,23,24,25,27). The van der Waals surface area contributed by atoms with Crippen LogP contribution in [0.25, 0.3) is 22.2 Å². The van der Waals surface area contributed by atoms with Crippen molar-refractivity contribution in [3.8, 4) is 11.1 Å². The lowest BCUT2D eigenvalue weighted by Gasteiger charge is -2.09. The van der Waals surface area contributed by atoms with Crippen LogP contribution in [0.4, 0.5) is 10.7 Å². The van der Waals surface area contributed by atoms with Gasteiger partial charge in [0.25, 0.3) is 0 Å². The summed E-state index contributed by atoms with van der Waals surface area (Å²) in [5.41, 5.74) is 5.34. The number of H-pyrrole nitrogens is 1. The molecule has 2 heterocycles. The van der Waals surface area contributed by atoms with Gasteiger partial charge in [0.2, 0.25) is 5.95 Å². The smallest absolute Gasteiger partial charge is 0.321 e. The maximum absolute atomic E-state index is 11.9. The molecule has 0 saturated heterocycles. The number of fused-ring (bicyclic) bond motifs is 1. The van der Waals surface area contributed by atoms with Crippen LogP contribution in [-0.4, -0.2) is 40.3 Å². The molecule has 28 heavy (non-hydrogen) atoms. The monoisotopic (exact) mass is 378 g/mol. The highest BCUT2D eigenvalue weighted by molar-refractivity contribution is 6.12. The summed E-state index contributed by atoms with van der Waals surface area (Å²) in [6.07, 6.45) is 5.72. The number of amides is 2. The third-order valence-corrected chi connectivity index (χ3v) is 4.58. The third kappa shape index (κ3) is 3.66. The molecule has 0 unspecified atom stereocenters. The number of oxime groups is 1. The molecule has 1 aliphatic carbocycles. The largest absolute Gasteiger partial charge is 0.399 e. The fourth-order valence-electron chi connectivity index (χ4n) is 3.18. The second-order valence-corrected chi connectivity index (χ2v) is 6.66. The SMILES string of the molecule is CCNC(=O)Nc1nc2c(C(=NOC)C3CC3)cc(-c3cccnc3)cc2[nH]1. The van der Waals surface area contributed by atoms with Crippen molar-refractivity contribution in [2.45, 2.75) is 19.8 Å². The summed E-state index contributed by atoms with van der Waals surface area (Å²) in [7, 11) is 1.55. The first-order chi connectivity index (χ1) is 13.7. The van der Waals surface area contributed by atoms with Crippen LogP contribution in [0, 0.1) is 5.92 Å². The summed E-state index contributed by atoms with van der Waals surface area (Å²) in [5, 5.41) is 9.72. The molecule has 2 aromatic heterocycles. The number of carbonyl (C=O) groups excluding carboxylic acids is 1. The first kappa shape index (κ1) is 18.0. The number of aromatic nitrogens is 3. The number of nitrogens with zero attached hydrogens (tertiary/aromatic N) is 3. The van der Waals surface area contributed by atoms with Crippen LogP contribution >= 0.6 is 0 Å². The molecule has 2 amide bonds. The van der Waals surface area contributed by atoms with Crippen LogP contribution in [0.15, 0.2) is 41.8 Å². The van der Waals surface area contributed by atoms with Crippen LogP contribution in [0.1, 0.15) is 25.3 Å². The number of benzene rings is 1. The Kier molecular flexibility index (Phi) is 4.92. The Hall–Kier alpha value is -3.42. The van der Waals surface area contributed by atoms with Gasteiger partial charge in [-0.2, -0.15) is 0 Å². The van der Waals surface area contributed by atoms with Gasteiger partial charge in [0.05, 0.1) is 16.7 Å². The number of carbonyl (C=O) groups is 1. The summed E-state index contributed by atoms with van der Waals surface area (Å²) < 4.78 is 0. The van der Waals surface area contributed by atoms with Gasteiger partial charge in [-0.3, -0.25) is 10.3 Å². The van der Waals surface area contributed by atoms with Gasteiger partial charge in [-0.1, -0.05) is 11.2 Å². The topological polar surface area (TPSA) is 104 Å². The molecule has 0 aliphatic heterocycles. The lowest BCUT2D eigenvalue weighted by Crippen LogP contribution is -2.28. The predicted molar refractivity (Wildman–Crippen MR) is 108 cm³/mol. The number of hydrogen-bond donors (Lipinski definition) is 3. The van der Waals surface area contributed by atoms with Gasteiger partial charge in [-0.05, 0) is 43.5 Å². The lowest BCUT2D eigenvalue weighted by molar-refractivity contribution is 0.212. The number of pyridine rings is 1. The van der Waals surface area contributed by atoms with Gasteiger partial charge in [0.15, 0.2) is 0 Å². The molecule has 4 rings (SSSR count). The molecule has 0 bridgehead atoms. The third-order valence-electron chi connectivity index (χ3n) is 4.58. The molecule has 1 saturated carbocycles. The Morgan fingerprint density at radius 3 is 2.89 bits per heavy atom. The molecule has 1 aliphatic rings. The van der Waals surface area contributed by atoms with Crippen LogP contribution in [0.5, 0.6) is 0 Å². The minimum Gasteiger partial charge on any atom is -0.399 e. The van der Waals surface area contributed by atoms with Crippen molar-refractivity contribution in [1.29, 1.82) is 0 Å². The number of anilines is 1. The molecule has 8 nitrogen and oxygen atoms in total. The minimum atomic E-state index is -0.302. The zero-order valence-corrected chi connectivity index (χ0v) is 15.8. The van der Waals surface area contributed by atoms with Gasteiger partial charge in [-0.15, -0.1) is 0 Å². The van der Waals surface area contributed by atoms with Gasteiger partial charge >= 0.3 is 6.03 Å². The average Bonchev–Trinajstić information content (AvgIpc) is 3.46. The highest BCUT2D eigenvalue weighted by Crippen LogP contribution is 2.37. The Morgan fingerprint density at radius 1 is 1.36 bits per heavy atom. The van der Waals surface area contributed by atoms with Crippen molar-refractivity contribution < 1.29 is 9.63 Å². The second-order valence-electron chi connectivity index (χ2n) is 6.66. The van der Waals surface area contributed by atoms with Crippen molar-refractivity contribution in [1.82, 2.24) is 20.3 Å². The van der Waals surface area contributed by atoms with Crippen molar-refractivity contribution in [2.75, 3.05) is 19.0 Å². The molecule has 0 spiro atoms. The van der Waals surface area contributed by atoms with E-state index in [-0.39, 0.29) is 6.03 Å². The molecule has 144 valence electrons. The molecule has 3 N–H and O–H groups in total. The molecular weight excluding hydrogens is 356 g/mol. The predicted octanol–water partition coefficient (Wildman–Crippen LogP) is 3.53. The van der Waals surface area contributed by atoms with Crippen molar-refractivity contribution in [3.05, 3.63) is 42.2 Å². The van der Waals surface area contributed by atoms with Crippen LogP contribution in [0.2, 0.25) is 0 Å². The number of imidazole rings is 1. The fraction of sp³-hybridized carbons (Fsp3) is 0.300. The first-order valence-electron chi connectivity index (χ1n) is 9.30. The zero-order chi connectivity index (χ0) is 19.5. The normalized spacial score (nSPS) is 14.1. The number of rotatable bonds is 6. The van der Waals surface area contributed by atoms with E-state index in [1.165, 1.54) is 0 Å². The van der Waals surface area contributed by atoms with Gasteiger partial charge < -0.3 is 15.1 Å². The number of hydrogen-bond acceptors (Lipinski definition) is 5. The van der Waals surface area contributed by atoms with E-state index in [4.69, 9.17) is 4.84 Å². The van der Waals surface area contributed by atoms with E-state index in [2.05, 4.69) is 36.8 Å². The summed E-state index contributed by atoms with van der Waals surface area (Å²) in [6, 6.07) is 7.67. The Bertz CT molecular complexity index is 1020. The van der Waals surface area contributed by atoms with E-state index in [1.807, 2.05) is 31.3 Å². The summed E-state index contributed by atoms with van der Waals surface area (Å²) in [5.74, 6) is 0.752. The molecule has 8 heteroatoms. The highest BCUT2D eigenvalue weighted by Gasteiger charge is 2.31. The molecule has 1 aromatic carbocycles. The molecule has 3 aromatic rings. The van der Waals surface area contributed by atoms with Crippen molar-refractivity contribution in [3.63, 3.8) is 0 Å². The maximum Gasteiger partial charge on any atom is 0.321 e. The Labute approximate surface area is 162 Å². The molecule has 0 radical (unpaired) electrons. The average molecular weight is 378 g/mol. The summed E-state index contributed by atoms with van der Waals surface area (Å²) in [6.45, 7) is 2.40. The van der Waals surface area contributed by atoms with Crippen molar-refractivity contribution in [2.24, 2.45) is 11.1 Å². The Balaban J connectivity index is 1.84. The zero-order valence-electron chi connectivity index (χ0n) is 15.8. The second kappa shape index (κ2) is 7.67. The van der Waals surface area contributed by atoms with Crippen LogP contribution in [-0.2, 0) is 4.84 Å². The van der Waals surface area contributed by atoms with E-state index in [9.17, 15) is 4.79 Å². The van der Waals surface area contributed by atoms with E-state index in [0.29, 0.717) is 18.4 Å². The van der Waals surface area contributed by atoms with Gasteiger partial charge in [-0.25, -0.2) is 9.78 Å². The molecular formula is C20H22N6O2. The minimum absolute atomic E-state index is 0.302. The first-order valence-corrected chi connectivity index (χ1v) is 9.30. The van der Waals surface area contributed by atoms with Crippen LogP contribution < -0.4 is 10.6 Å². The summed E-state index contributed by atoms with van der Waals surface area (Å²) in [4.78, 5) is 29.0. The molecule has 1 fully saturated rings. The lowest BCUT2D eigenvalue weighted by atomic mass is 9.98. The fourth-order valence-corrected chi connectivity index (χ4v) is 3.18. The maximum atomic E-state index is 11.9. The molecule has 0 atom stereocenters. The summed E-state index contributed by atoms with van der Waals surface area (Å²) >= 11 is 0. The van der Waals surface area contributed by atoms with Gasteiger partial charge in [0.1, 0.15) is 7.11 Å².